The van der Waals surface area contributed by atoms with E-state index in [0.29, 0.717) is 5.92 Å². The molecule has 100 valence electrons. The van der Waals surface area contributed by atoms with Gasteiger partial charge in [0.05, 0.1) is 0 Å². The van der Waals surface area contributed by atoms with E-state index < -0.39 is 23.5 Å². The highest BCUT2D eigenvalue weighted by Crippen LogP contribution is 2.33. The van der Waals surface area contributed by atoms with Crippen LogP contribution in [0.4, 0.5) is 0 Å². The Labute approximate surface area is 121 Å². The number of rotatable bonds is 7. The van der Waals surface area contributed by atoms with E-state index in [9.17, 15) is 4.79 Å². The standard InChI is InChI=1S/C13H24INOS/c1-6-13(17,14-4)12(16)15(5)10-8-7-9-11(2)3/h8,10-11,17H,4,6-7,9H2,1-3,5H3/b10-8-. The van der Waals surface area contributed by atoms with Crippen molar-refractivity contribution in [3.05, 3.63) is 12.3 Å². The summed E-state index contributed by atoms with van der Waals surface area (Å²) in [5.74, 6) is 0.776. The third-order valence-electron chi connectivity index (χ3n) is 2.58. The van der Waals surface area contributed by atoms with Gasteiger partial charge in [0, 0.05) is 13.2 Å². The van der Waals surface area contributed by atoms with Crippen LogP contribution in [0.15, 0.2) is 12.3 Å². The molecule has 0 aromatic carbocycles. The van der Waals surface area contributed by atoms with Crippen molar-refractivity contribution in [1.82, 2.24) is 4.90 Å². The van der Waals surface area contributed by atoms with Crippen molar-refractivity contribution in [3.8, 4) is 0 Å². The van der Waals surface area contributed by atoms with E-state index in [0.717, 1.165) is 19.3 Å². The molecule has 0 saturated heterocycles. The Morgan fingerprint density at radius 3 is 2.59 bits per heavy atom. The number of thiol groups is 1. The van der Waals surface area contributed by atoms with Gasteiger partial charge in [-0.15, -0.1) is 20.7 Å². The van der Waals surface area contributed by atoms with Crippen LogP contribution in [-0.2, 0) is 4.79 Å². The lowest BCUT2D eigenvalue weighted by molar-refractivity contribution is -0.127. The Morgan fingerprint density at radius 1 is 1.59 bits per heavy atom. The summed E-state index contributed by atoms with van der Waals surface area (Å²) in [6.07, 6.45) is 6.84. The SMILES string of the molecule is C=IC(S)(CC)C(=O)N(C)/C=C\CCC(C)C. The zero-order valence-corrected chi connectivity index (χ0v) is 14.3. The van der Waals surface area contributed by atoms with Crippen molar-refractivity contribution in [3.63, 3.8) is 0 Å². The van der Waals surface area contributed by atoms with Gasteiger partial charge in [-0.1, -0.05) is 31.4 Å². The van der Waals surface area contributed by atoms with Crippen LogP contribution in [0.25, 0.3) is 0 Å². The summed E-state index contributed by atoms with van der Waals surface area (Å²) in [5.41, 5.74) is 0. The third kappa shape index (κ3) is 6.04. The van der Waals surface area contributed by atoms with Gasteiger partial charge in [0.15, 0.2) is 0 Å². The molecule has 0 aliphatic carbocycles. The molecule has 17 heavy (non-hydrogen) atoms. The molecule has 0 aromatic rings. The van der Waals surface area contributed by atoms with E-state index in [-0.39, 0.29) is 5.91 Å². The number of nitrogens with zero attached hydrogens (tertiary/aromatic N) is 1. The van der Waals surface area contributed by atoms with Crippen LogP contribution < -0.4 is 0 Å². The highest BCUT2D eigenvalue weighted by molar-refractivity contribution is 14.2. The number of amides is 1. The van der Waals surface area contributed by atoms with Gasteiger partial charge in [-0.25, -0.2) is 0 Å². The van der Waals surface area contributed by atoms with Crippen LogP contribution in [0, 0.1) is 5.92 Å². The number of carbonyl (C=O) groups excluding carboxylic acids is 1. The minimum Gasteiger partial charge on any atom is -0.321 e. The van der Waals surface area contributed by atoms with E-state index in [1.807, 2.05) is 13.1 Å². The maximum Gasteiger partial charge on any atom is 0.251 e. The van der Waals surface area contributed by atoms with Gasteiger partial charge in [-0.3, -0.25) is 4.79 Å². The first-order chi connectivity index (χ1) is 7.87. The minimum absolute atomic E-state index is 0.0759. The van der Waals surface area contributed by atoms with Crippen LogP contribution in [-0.4, -0.2) is 25.1 Å². The summed E-state index contributed by atoms with van der Waals surface area (Å²) < 4.78 is 3.40. The predicted molar refractivity (Wildman–Crippen MR) is 89.1 cm³/mol. The molecule has 1 atom stereocenters. The summed E-state index contributed by atoms with van der Waals surface area (Å²) in [5, 5.41) is 0. The zero-order valence-electron chi connectivity index (χ0n) is 11.2. The second-order valence-electron chi connectivity index (χ2n) is 4.52. The highest BCUT2D eigenvalue weighted by atomic mass is 127. The van der Waals surface area contributed by atoms with Crippen molar-refractivity contribution in [1.29, 1.82) is 0 Å². The molecule has 0 saturated carbocycles. The lowest BCUT2D eigenvalue weighted by atomic mass is 10.1. The molecule has 0 radical (unpaired) electrons. The van der Waals surface area contributed by atoms with E-state index in [2.05, 4.69) is 37.1 Å². The summed E-state index contributed by atoms with van der Waals surface area (Å²) in [6.45, 7) is 6.39. The van der Waals surface area contributed by atoms with Gasteiger partial charge in [0.2, 0.25) is 0 Å². The molecule has 0 aromatic heterocycles. The average Bonchev–Trinajstić information content (AvgIpc) is 2.32. The van der Waals surface area contributed by atoms with Crippen LogP contribution in [0.5, 0.6) is 0 Å². The predicted octanol–water partition coefficient (Wildman–Crippen LogP) is 3.83. The second-order valence-corrected chi connectivity index (χ2v) is 8.74. The maximum absolute atomic E-state index is 12.1. The number of alkyl halides is 1. The molecular weight excluding hydrogens is 345 g/mol. The van der Waals surface area contributed by atoms with Crippen LogP contribution in [0.3, 0.4) is 0 Å². The summed E-state index contributed by atoms with van der Waals surface area (Å²) in [7, 11) is 1.80. The molecule has 0 fully saturated rings. The summed E-state index contributed by atoms with van der Waals surface area (Å²) in [6, 6.07) is 0. The van der Waals surface area contributed by atoms with Crippen molar-refractivity contribution in [2.24, 2.45) is 5.92 Å². The largest absolute Gasteiger partial charge is 0.321 e. The fourth-order valence-electron chi connectivity index (χ4n) is 1.30. The fraction of sp³-hybridized carbons (Fsp3) is 0.692. The van der Waals surface area contributed by atoms with Gasteiger partial charge >= 0.3 is 0 Å². The summed E-state index contributed by atoms with van der Waals surface area (Å²) in [4.78, 5) is 13.8. The molecule has 0 bridgehead atoms. The Bertz CT molecular complexity index is 291. The average molecular weight is 369 g/mol. The van der Waals surface area contributed by atoms with Crippen LogP contribution >= 0.6 is 33.4 Å². The first-order valence-corrected chi connectivity index (χ1v) is 8.98. The smallest absolute Gasteiger partial charge is 0.251 e. The molecule has 4 heteroatoms. The Kier molecular flexibility index (Phi) is 8.37. The lowest BCUT2D eigenvalue weighted by Crippen LogP contribution is -2.36. The molecule has 0 aliphatic heterocycles. The monoisotopic (exact) mass is 369 g/mol. The minimum atomic E-state index is -0.518. The number of carbonyl (C=O) groups is 1. The van der Waals surface area contributed by atoms with Gasteiger partial charge in [0.1, 0.15) is 2.75 Å². The topological polar surface area (TPSA) is 20.3 Å². The van der Waals surface area contributed by atoms with Crippen molar-refractivity contribution in [2.75, 3.05) is 7.05 Å². The number of hydrogen-bond acceptors (Lipinski definition) is 2. The van der Waals surface area contributed by atoms with Crippen molar-refractivity contribution >= 4 is 43.8 Å². The molecule has 1 unspecified atom stereocenters. The Balaban J connectivity index is 4.36. The van der Waals surface area contributed by atoms with Gasteiger partial charge in [-0.05, 0) is 25.2 Å². The third-order valence-corrected chi connectivity index (χ3v) is 6.37. The molecule has 0 N–H and O–H groups in total. The van der Waals surface area contributed by atoms with Crippen molar-refractivity contribution in [2.45, 2.75) is 42.8 Å². The quantitative estimate of drug-likeness (QED) is 0.411. The summed E-state index contributed by atoms with van der Waals surface area (Å²) >= 11 is 4.03. The normalized spacial score (nSPS) is 15.2. The van der Waals surface area contributed by atoms with E-state index in [1.54, 1.807) is 11.9 Å². The molecule has 0 heterocycles. The molecule has 0 rings (SSSR count). The van der Waals surface area contributed by atoms with E-state index in [4.69, 9.17) is 0 Å². The first-order valence-electron chi connectivity index (χ1n) is 5.93. The van der Waals surface area contributed by atoms with E-state index >= 15 is 0 Å². The zero-order chi connectivity index (χ0) is 13.5. The van der Waals surface area contributed by atoms with Crippen molar-refractivity contribution < 1.29 is 4.79 Å². The number of allylic oxidation sites excluding steroid dienone is 1. The Morgan fingerprint density at radius 2 is 2.18 bits per heavy atom. The maximum atomic E-state index is 12.1. The number of halogens is 1. The molecule has 0 aliphatic rings. The van der Waals surface area contributed by atoms with Gasteiger partial charge in [0.25, 0.3) is 5.91 Å². The van der Waals surface area contributed by atoms with Crippen LogP contribution in [0.1, 0.15) is 40.0 Å². The molecule has 0 spiro atoms. The first kappa shape index (κ1) is 17.2. The van der Waals surface area contributed by atoms with Crippen LogP contribution in [0.2, 0.25) is 0 Å². The van der Waals surface area contributed by atoms with Gasteiger partial charge < -0.3 is 4.90 Å². The van der Waals surface area contributed by atoms with E-state index in [1.165, 1.54) is 0 Å². The Hall–Kier alpha value is 0.160. The van der Waals surface area contributed by atoms with Gasteiger partial charge in [-0.2, -0.15) is 12.6 Å². The highest BCUT2D eigenvalue weighted by Gasteiger charge is 2.31. The fourth-order valence-corrected chi connectivity index (χ4v) is 2.71. The molecule has 2 nitrogen and oxygen atoms in total. The number of hydrogen-bond donors (Lipinski definition) is 1. The molecular formula is C13H24INOS. The lowest BCUT2D eigenvalue weighted by Gasteiger charge is -2.25. The second kappa shape index (κ2) is 8.29. The molecule has 1 amide bonds.